The highest BCUT2D eigenvalue weighted by molar-refractivity contribution is 6.41. The number of benzene rings is 2. The number of alkyl halides is 2. The molecule has 2 aromatic carbocycles. The fraction of sp³-hybridized carbons (Fsp3) is 0.333. The first kappa shape index (κ1) is 20.6. The summed E-state index contributed by atoms with van der Waals surface area (Å²) in [5, 5.41) is 0. The Balaban J connectivity index is 2.41. The Bertz CT molecular complexity index is 860. The van der Waals surface area contributed by atoms with Gasteiger partial charge in [-0.05, 0) is 43.0 Å². The number of methoxy groups -OCH3 is 1. The first-order valence-corrected chi connectivity index (χ1v) is 8.55. The summed E-state index contributed by atoms with van der Waals surface area (Å²) in [6.45, 7) is 5.61. The number of carbonyl (C=O) groups is 2. The number of halogens is 2. The number of ether oxygens (including phenoxy) is 2. The van der Waals surface area contributed by atoms with Gasteiger partial charge in [0.15, 0.2) is 0 Å². The Kier molecular flexibility index (Phi) is 6.66. The Morgan fingerprint density at radius 3 is 2.41 bits per heavy atom. The van der Waals surface area contributed by atoms with Crippen LogP contribution in [0.1, 0.15) is 51.5 Å². The van der Waals surface area contributed by atoms with Gasteiger partial charge in [0.2, 0.25) is 0 Å². The van der Waals surface area contributed by atoms with Crippen molar-refractivity contribution in [1.82, 2.24) is 0 Å². The molecule has 0 aliphatic rings. The summed E-state index contributed by atoms with van der Waals surface area (Å²) in [6, 6.07) is 7.69. The summed E-state index contributed by atoms with van der Waals surface area (Å²) in [5.41, 5.74) is 2.58. The fourth-order valence-electron chi connectivity index (χ4n) is 2.92. The number of rotatable bonds is 7. The molecule has 0 saturated heterocycles. The number of aryl methyl sites for hydroxylation is 3. The second-order valence-corrected chi connectivity index (χ2v) is 6.18. The zero-order chi connectivity index (χ0) is 20.1. The van der Waals surface area contributed by atoms with E-state index in [1.807, 2.05) is 32.9 Å². The third kappa shape index (κ3) is 4.51. The fourth-order valence-corrected chi connectivity index (χ4v) is 2.92. The van der Waals surface area contributed by atoms with Crippen molar-refractivity contribution in [3.63, 3.8) is 0 Å². The first-order valence-electron chi connectivity index (χ1n) is 8.55. The number of hydrogen-bond donors (Lipinski definition) is 0. The molecule has 0 amide bonds. The Hall–Kier alpha value is -2.76. The third-order valence-corrected chi connectivity index (χ3v) is 4.45. The van der Waals surface area contributed by atoms with E-state index in [9.17, 15) is 18.4 Å². The number of carbonyl (C=O) groups excluding carboxylic acids is 2. The van der Waals surface area contributed by atoms with E-state index in [4.69, 9.17) is 4.74 Å². The van der Waals surface area contributed by atoms with Gasteiger partial charge in [-0.1, -0.05) is 31.2 Å². The predicted molar refractivity (Wildman–Crippen MR) is 97.4 cm³/mol. The van der Waals surface area contributed by atoms with Gasteiger partial charge in [0.1, 0.15) is 12.4 Å². The van der Waals surface area contributed by atoms with E-state index in [-0.39, 0.29) is 23.3 Å². The number of ketones is 1. The molecule has 0 N–H and O–H groups in total. The normalized spacial score (nSPS) is 10.8. The number of Topliss-reactive ketones (excluding diaryl/α,β-unsaturated/α-hetero) is 1. The second kappa shape index (κ2) is 8.75. The van der Waals surface area contributed by atoms with E-state index in [1.165, 1.54) is 23.8 Å². The molecule has 2 aromatic rings. The van der Waals surface area contributed by atoms with Crippen molar-refractivity contribution in [2.75, 3.05) is 7.11 Å². The Morgan fingerprint density at radius 1 is 1.11 bits per heavy atom. The summed E-state index contributed by atoms with van der Waals surface area (Å²) in [4.78, 5) is 23.8. The van der Waals surface area contributed by atoms with E-state index in [2.05, 4.69) is 4.74 Å². The molecule has 0 aliphatic heterocycles. The van der Waals surface area contributed by atoms with Gasteiger partial charge in [-0.2, -0.15) is 0 Å². The van der Waals surface area contributed by atoms with Crippen molar-refractivity contribution in [3.8, 4) is 5.75 Å². The summed E-state index contributed by atoms with van der Waals surface area (Å²) in [7, 11) is 1.06. The van der Waals surface area contributed by atoms with Crippen LogP contribution < -0.4 is 4.74 Å². The molecule has 0 radical (unpaired) electrons. The molecule has 0 aliphatic carbocycles. The molecule has 27 heavy (non-hydrogen) atoms. The quantitative estimate of drug-likeness (QED) is 0.398. The van der Waals surface area contributed by atoms with Gasteiger partial charge in [-0.3, -0.25) is 4.79 Å². The highest BCUT2D eigenvalue weighted by Gasteiger charge is 2.25. The average Bonchev–Trinajstić information content (AvgIpc) is 2.66. The first-order chi connectivity index (χ1) is 12.8. The lowest BCUT2D eigenvalue weighted by Gasteiger charge is -2.16. The monoisotopic (exact) mass is 376 g/mol. The zero-order valence-electron chi connectivity index (χ0n) is 15.8. The van der Waals surface area contributed by atoms with Crippen LogP contribution in [-0.4, -0.2) is 18.9 Å². The number of hydrogen-bond acceptors (Lipinski definition) is 4. The average molecular weight is 376 g/mol. The molecule has 0 aromatic heterocycles. The minimum atomic E-state index is -2.81. The van der Waals surface area contributed by atoms with Crippen molar-refractivity contribution in [3.05, 3.63) is 63.7 Å². The van der Waals surface area contributed by atoms with E-state index >= 15 is 0 Å². The summed E-state index contributed by atoms with van der Waals surface area (Å²) in [5.74, 6) is -1.54. The zero-order valence-corrected chi connectivity index (χ0v) is 15.8. The van der Waals surface area contributed by atoms with Crippen molar-refractivity contribution < 1.29 is 27.8 Å². The molecular formula is C21H22F2O4. The van der Waals surface area contributed by atoms with Crippen LogP contribution in [0, 0.1) is 13.8 Å². The smallest absolute Gasteiger partial charge is 0.379 e. The van der Waals surface area contributed by atoms with Crippen LogP contribution >= 0.6 is 0 Å². The molecule has 0 fully saturated rings. The van der Waals surface area contributed by atoms with Gasteiger partial charge < -0.3 is 9.47 Å². The topological polar surface area (TPSA) is 52.6 Å². The molecule has 4 nitrogen and oxygen atoms in total. The lowest BCUT2D eigenvalue weighted by molar-refractivity contribution is -0.135. The SMILES string of the molecule is CCc1cc(C)c(OCc2c(C(=O)C(=O)OC)cccc2C(F)F)cc1C. The maximum atomic E-state index is 13.4. The van der Waals surface area contributed by atoms with Crippen LogP contribution in [0.4, 0.5) is 8.78 Å². The summed E-state index contributed by atoms with van der Waals surface area (Å²) >= 11 is 0. The lowest BCUT2D eigenvalue weighted by Crippen LogP contribution is -2.19. The van der Waals surface area contributed by atoms with Crippen LogP contribution in [0.15, 0.2) is 30.3 Å². The number of esters is 1. The van der Waals surface area contributed by atoms with Crippen molar-refractivity contribution in [2.45, 2.75) is 40.2 Å². The standard InChI is InChI=1S/C21H22F2O4/c1-5-14-9-13(3)18(10-12(14)2)27-11-17-15(19(24)21(25)26-4)7-6-8-16(17)20(22)23/h6-10,20H,5,11H2,1-4H3. The Labute approximate surface area is 157 Å². The van der Waals surface area contributed by atoms with E-state index < -0.39 is 18.2 Å². The van der Waals surface area contributed by atoms with E-state index in [1.54, 1.807) is 0 Å². The van der Waals surface area contributed by atoms with Gasteiger partial charge in [-0.15, -0.1) is 0 Å². The molecule has 0 spiro atoms. The largest absolute Gasteiger partial charge is 0.489 e. The van der Waals surface area contributed by atoms with Crippen molar-refractivity contribution >= 4 is 11.8 Å². The molecule has 0 unspecified atom stereocenters. The van der Waals surface area contributed by atoms with Crippen LogP contribution in [0.3, 0.4) is 0 Å². The molecule has 6 heteroatoms. The van der Waals surface area contributed by atoms with E-state index in [0.29, 0.717) is 5.75 Å². The molecule has 0 atom stereocenters. The summed E-state index contributed by atoms with van der Waals surface area (Å²) < 4.78 is 37.1. The van der Waals surface area contributed by atoms with Crippen LogP contribution in [-0.2, 0) is 22.6 Å². The lowest BCUT2D eigenvalue weighted by atomic mass is 9.98. The molecule has 144 valence electrons. The third-order valence-electron chi connectivity index (χ3n) is 4.45. The van der Waals surface area contributed by atoms with Gasteiger partial charge in [0.25, 0.3) is 12.2 Å². The molecule has 0 saturated carbocycles. The molecule has 0 bridgehead atoms. The predicted octanol–water partition coefficient (Wildman–Crippen LogP) is 4.74. The van der Waals surface area contributed by atoms with E-state index in [0.717, 1.165) is 24.7 Å². The van der Waals surface area contributed by atoms with Crippen molar-refractivity contribution in [2.24, 2.45) is 0 Å². The minimum absolute atomic E-state index is 0.0143. The van der Waals surface area contributed by atoms with Gasteiger partial charge in [0, 0.05) is 16.7 Å². The highest BCUT2D eigenvalue weighted by Crippen LogP contribution is 2.29. The second-order valence-electron chi connectivity index (χ2n) is 6.18. The maximum absolute atomic E-state index is 13.4. The molecular weight excluding hydrogens is 354 g/mol. The maximum Gasteiger partial charge on any atom is 0.379 e. The molecule has 0 heterocycles. The minimum Gasteiger partial charge on any atom is -0.489 e. The summed E-state index contributed by atoms with van der Waals surface area (Å²) in [6.07, 6.45) is -1.93. The van der Waals surface area contributed by atoms with Crippen LogP contribution in [0.5, 0.6) is 5.75 Å². The van der Waals surface area contributed by atoms with Gasteiger partial charge >= 0.3 is 5.97 Å². The van der Waals surface area contributed by atoms with Crippen LogP contribution in [0.2, 0.25) is 0 Å². The van der Waals surface area contributed by atoms with Crippen LogP contribution in [0.25, 0.3) is 0 Å². The highest BCUT2D eigenvalue weighted by atomic mass is 19.3. The van der Waals surface area contributed by atoms with Gasteiger partial charge in [0.05, 0.1) is 7.11 Å². The molecule has 2 rings (SSSR count). The van der Waals surface area contributed by atoms with Gasteiger partial charge in [-0.25, -0.2) is 13.6 Å². The Morgan fingerprint density at radius 2 is 1.81 bits per heavy atom. The van der Waals surface area contributed by atoms with Crippen molar-refractivity contribution in [1.29, 1.82) is 0 Å².